The largest absolute Gasteiger partial charge is 0.468 e. The zero-order valence-corrected chi connectivity index (χ0v) is 12.7. The van der Waals surface area contributed by atoms with Gasteiger partial charge < -0.3 is 14.5 Å². The van der Waals surface area contributed by atoms with Gasteiger partial charge >= 0.3 is 5.97 Å². The number of ether oxygens (including phenoxy) is 1. The van der Waals surface area contributed by atoms with E-state index in [0.717, 1.165) is 30.0 Å². The lowest BCUT2D eigenvalue weighted by atomic mass is 10.2. The number of nitrogens with one attached hydrogen (secondary N) is 1. The molecule has 0 atom stereocenters. The number of esters is 1. The van der Waals surface area contributed by atoms with Crippen LogP contribution in [0.1, 0.15) is 16.2 Å². The predicted molar refractivity (Wildman–Crippen MR) is 74.6 cm³/mol. The first-order valence-corrected chi connectivity index (χ1v) is 7.24. The van der Waals surface area contributed by atoms with E-state index in [1.54, 1.807) is 0 Å². The lowest BCUT2D eigenvalue weighted by Crippen LogP contribution is -2.25. The van der Waals surface area contributed by atoms with Gasteiger partial charge in [0.2, 0.25) is 5.89 Å². The number of nitrogens with zero attached hydrogens (tertiary/aromatic N) is 2. The molecular weight excluding hydrogens is 332 g/mol. The van der Waals surface area contributed by atoms with Crippen LogP contribution in [0.15, 0.2) is 27.8 Å². The van der Waals surface area contributed by atoms with E-state index in [1.165, 1.54) is 7.11 Å². The Kier molecular flexibility index (Phi) is 5.63. The van der Waals surface area contributed by atoms with Crippen LogP contribution in [0.2, 0.25) is 0 Å². The summed E-state index contributed by atoms with van der Waals surface area (Å²) in [6.45, 7) is -0.210. The van der Waals surface area contributed by atoms with Gasteiger partial charge in [-0.2, -0.15) is 0 Å². The summed E-state index contributed by atoms with van der Waals surface area (Å²) >= 11 is 0.962. The number of hydrogen-bond donors (Lipinski definition) is 1. The van der Waals surface area contributed by atoms with E-state index in [2.05, 4.69) is 20.3 Å². The lowest BCUT2D eigenvalue weighted by molar-refractivity contribution is -0.137. The third-order valence-electron chi connectivity index (χ3n) is 2.58. The molecule has 10 heteroatoms. The Balaban J connectivity index is 1.92. The molecule has 0 aliphatic carbocycles. The highest BCUT2D eigenvalue weighted by molar-refractivity contribution is 7.99. The molecule has 1 heterocycles. The van der Waals surface area contributed by atoms with Crippen molar-refractivity contribution in [2.75, 3.05) is 12.9 Å². The molecule has 1 aromatic carbocycles. The molecule has 23 heavy (non-hydrogen) atoms. The molecule has 122 valence electrons. The maximum absolute atomic E-state index is 13.4. The molecule has 0 saturated heterocycles. The number of carbonyl (C=O) groups excluding carboxylic acids is 2. The third-order valence-corrected chi connectivity index (χ3v) is 3.37. The van der Waals surface area contributed by atoms with Crippen molar-refractivity contribution in [3.8, 4) is 0 Å². The Bertz CT molecular complexity index is 703. The van der Waals surface area contributed by atoms with Crippen LogP contribution >= 0.6 is 11.8 Å². The van der Waals surface area contributed by atoms with E-state index in [9.17, 15) is 18.4 Å². The Morgan fingerprint density at radius 1 is 1.30 bits per heavy atom. The van der Waals surface area contributed by atoms with E-state index >= 15 is 0 Å². The van der Waals surface area contributed by atoms with Gasteiger partial charge in [0.1, 0.15) is 23.0 Å². The summed E-state index contributed by atoms with van der Waals surface area (Å²) in [6.07, 6.45) is 0. The summed E-state index contributed by atoms with van der Waals surface area (Å²) in [5.74, 6) is -3.32. The van der Waals surface area contributed by atoms with Crippen molar-refractivity contribution < 1.29 is 27.5 Å². The van der Waals surface area contributed by atoms with E-state index in [0.29, 0.717) is 0 Å². The van der Waals surface area contributed by atoms with Crippen LogP contribution in [-0.2, 0) is 16.1 Å². The molecule has 0 radical (unpaired) electrons. The summed E-state index contributed by atoms with van der Waals surface area (Å²) in [5, 5.41) is 9.66. The Morgan fingerprint density at radius 3 is 2.65 bits per heavy atom. The van der Waals surface area contributed by atoms with Crippen molar-refractivity contribution in [3.63, 3.8) is 0 Å². The van der Waals surface area contributed by atoms with Crippen LogP contribution in [0.3, 0.4) is 0 Å². The second-order valence-corrected chi connectivity index (χ2v) is 5.03. The fourth-order valence-corrected chi connectivity index (χ4v) is 2.12. The SMILES string of the molecule is COC(=O)CSc1nnc(CNC(=O)c2c(F)cccc2F)o1. The number of amides is 1. The van der Waals surface area contributed by atoms with Gasteiger partial charge in [-0.3, -0.25) is 9.59 Å². The number of rotatable bonds is 6. The topological polar surface area (TPSA) is 94.3 Å². The quantitative estimate of drug-likeness (QED) is 0.628. The van der Waals surface area contributed by atoms with Gasteiger partial charge in [-0.25, -0.2) is 8.78 Å². The van der Waals surface area contributed by atoms with Gasteiger partial charge in [0, 0.05) is 0 Å². The van der Waals surface area contributed by atoms with Gasteiger partial charge in [-0.15, -0.1) is 10.2 Å². The molecule has 0 unspecified atom stereocenters. The van der Waals surface area contributed by atoms with Crippen LogP contribution < -0.4 is 5.32 Å². The minimum absolute atomic E-state index is 0.00900. The molecule has 2 rings (SSSR count). The molecule has 2 aromatic rings. The zero-order chi connectivity index (χ0) is 16.8. The van der Waals surface area contributed by atoms with Crippen LogP contribution in [0.5, 0.6) is 0 Å². The number of thioether (sulfide) groups is 1. The van der Waals surface area contributed by atoms with Crippen molar-refractivity contribution in [1.29, 1.82) is 0 Å². The molecule has 1 N–H and O–H groups in total. The standard InChI is InChI=1S/C13H11F2N3O4S/c1-21-10(19)6-23-13-18-17-9(22-13)5-16-12(20)11-7(14)3-2-4-8(11)15/h2-4H,5-6H2,1H3,(H,16,20). The second kappa shape index (κ2) is 7.68. The molecular formula is C13H11F2N3O4S. The number of benzene rings is 1. The summed E-state index contributed by atoms with van der Waals surface area (Å²) in [5.41, 5.74) is -0.688. The number of carbonyl (C=O) groups is 2. The fourth-order valence-electron chi connectivity index (χ4n) is 1.51. The molecule has 0 spiro atoms. The smallest absolute Gasteiger partial charge is 0.316 e. The van der Waals surface area contributed by atoms with Crippen LogP contribution in [0.4, 0.5) is 8.78 Å². The molecule has 0 saturated carbocycles. The van der Waals surface area contributed by atoms with Gasteiger partial charge in [-0.1, -0.05) is 17.8 Å². The lowest BCUT2D eigenvalue weighted by Gasteiger charge is -2.04. The molecule has 0 aliphatic rings. The Hall–Kier alpha value is -2.49. The first-order valence-electron chi connectivity index (χ1n) is 6.25. The highest BCUT2D eigenvalue weighted by Gasteiger charge is 2.17. The second-order valence-electron chi connectivity index (χ2n) is 4.11. The number of methoxy groups -OCH3 is 1. The normalized spacial score (nSPS) is 10.4. The molecule has 1 aromatic heterocycles. The molecule has 0 aliphatic heterocycles. The van der Waals surface area contributed by atoms with E-state index < -0.39 is 29.1 Å². The first kappa shape index (κ1) is 16.9. The maximum atomic E-state index is 13.4. The van der Waals surface area contributed by atoms with Crippen LogP contribution in [-0.4, -0.2) is 34.9 Å². The van der Waals surface area contributed by atoms with Crippen molar-refractivity contribution in [2.45, 2.75) is 11.8 Å². The summed E-state index contributed by atoms with van der Waals surface area (Å²) in [6, 6.07) is 3.11. The van der Waals surface area contributed by atoms with E-state index in [1.807, 2.05) is 0 Å². The Labute approximate surface area is 133 Å². The molecule has 1 amide bonds. The summed E-state index contributed by atoms with van der Waals surface area (Å²) < 4.78 is 36.5. The summed E-state index contributed by atoms with van der Waals surface area (Å²) in [7, 11) is 1.25. The average Bonchev–Trinajstić information content (AvgIpc) is 2.98. The highest BCUT2D eigenvalue weighted by Crippen LogP contribution is 2.16. The minimum atomic E-state index is -0.970. The fraction of sp³-hybridized carbons (Fsp3) is 0.231. The Morgan fingerprint density at radius 2 is 2.00 bits per heavy atom. The number of aromatic nitrogens is 2. The summed E-state index contributed by atoms with van der Waals surface area (Å²) in [4.78, 5) is 22.7. The minimum Gasteiger partial charge on any atom is -0.468 e. The van der Waals surface area contributed by atoms with Crippen molar-refractivity contribution in [2.24, 2.45) is 0 Å². The van der Waals surface area contributed by atoms with Crippen LogP contribution in [0.25, 0.3) is 0 Å². The van der Waals surface area contributed by atoms with Crippen molar-refractivity contribution >= 4 is 23.6 Å². The number of halogens is 2. The van der Waals surface area contributed by atoms with Crippen LogP contribution in [0, 0.1) is 11.6 Å². The average molecular weight is 343 g/mol. The van der Waals surface area contributed by atoms with Crippen molar-refractivity contribution in [1.82, 2.24) is 15.5 Å². The van der Waals surface area contributed by atoms with Gasteiger partial charge in [0.15, 0.2) is 0 Å². The molecule has 0 bridgehead atoms. The van der Waals surface area contributed by atoms with E-state index in [4.69, 9.17) is 4.42 Å². The van der Waals surface area contributed by atoms with Gasteiger partial charge in [-0.05, 0) is 12.1 Å². The maximum Gasteiger partial charge on any atom is 0.316 e. The molecule has 0 fully saturated rings. The highest BCUT2D eigenvalue weighted by atomic mass is 32.2. The molecule has 7 nitrogen and oxygen atoms in total. The van der Waals surface area contributed by atoms with Gasteiger partial charge in [0.05, 0.1) is 13.7 Å². The van der Waals surface area contributed by atoms with Crippen molar-refractivity contribution in [3.05, 3.63) is 41.3 Å². The first-order chi connectivity index (χ1) is 11.0. The predicted octanol–water partition coefficient (Wildman–Crippen LogP) is 1.54. The monoisotopic (exact) mass is 343 g/mol. The number of hydrogen-bond acceptors (Lipinski definition) is 7. The van der Waals surface area contributed by atoms with E-state index in [-0.39, 0.29) is 23.4 Å². The third kappa shape index (κ3) is 4.49. The zero-order valence-electron chi connectivity index (χ0n) is 11.8. The van der Waals surface area contributed by atoms with Gasteiger partial charge in [0.25, 0.3) is 11.1 Å².